The summed E-state index contributed by atoms with van der Waals surface area (Å²) in [4.78, 5) is 12.4. The average molecular weight is 383 g/mol. The Bertz CT molecular complexity index is 1070. The van der Waals surface area contributed by atoms with Crippen LogP contribution in [0.4, 0.5) is 11.4 Å². The number of nitriles is 1. The van der Waals surface area contributed by atoms with Crippen molar-refractivity contribution in [3.63, 3.8) is 0 Å². The highest BCUT2D eigenvalue weighted by Gasteiger charge is 2.10. The number of nitrogens with zero attached hydrogens (tertiary/aromatic N) is 1. The van der Waals surface area contributed by atoms with Gasteiger partial charge in [-0.1, -0.05) is 35.9 Å². The van der Waals surface area contributed by atoms with Crippen LogP contribution in [0, 0.1) is 25.2 Å². The minimum atomic E-state index is -0.462. The van der Waals surface area contributed by atoms with E-state index in [4.69, 9.17) is 4.74 Å². The molecule has 0 spiro atoms. The molecule has 0 aliphatic carbocycles. The summed E-state index contributed by atoms with van der Waals surface area (Å²) in [5.41, 5.74) is 3.45. The Morgan fingerprint density at radius 2 is 1.66 bits per heavy atom. The van der Waals surface area contributed by atoms with Crippen LogP contribution in [0.15, 0.2) is 84.6 Å². The summed E-state index contributed by atoms with van der Waals surface area (Å²) in [5, 5.41) is 15.1. The largest absolute Gasteiger partial charge is 0.457 e. The van der Waals surface area contributed by atoms with Gasteiger partial charge in [0.2, 0.25) is 0 Å². The van der Waals surface area contributed by atoms with E-state index in [1.54, 1.807) is 0 Å². The van der Waals surface area contributed by atoms with E-state index in [-0.39, 0.29) is 5.57 Å². The van der Waals surface area contributed by atoms with E-state index >= 15 is 0 Å². The molecule has 3 aromatic rings. The molecule has 5 nitrogen and oxygen atoms in total. The average Bonchev–Trinajstić information content (AvgIpc) is 2.72. The predicted molar refractivity (Wildman–Crippen MR) is 115 cm³/mol. The number of rotatable bonds is 6. The van der Waals surface area contributed by atoms with Gasteiger partial charge >= 0.3 is 0 Å². The van der Waals surface area contributed by atoms with Crippen molar-refractivity contribution in [3.8, 4) is 17.6 Å². The zero-order valence-corrected chi connectivity index (χ0v) is 16.3. The third-order valence-electron chi connectivity index (χ3n) is 4.21. The first kappa shape index (κ1) is 19.7. The summed E-state index contributed by atoms with van der Waals surface area (Å²) in [6, 6.07) is 24.4. The SMILES string of the molecule is Cc1ccc(NC(=O)/C(C#N)=C\Nc2ccc(Oc3ccccc3)cc2)c(C)c1. The van der Waals surface area contributed by atoms with Gasteiger partial charge < -0.3 is 15.4 Å². The molecule has 2 N–H and O–H groups in total. The second kappa shape index (κ2) is 9.25. The molecule has 0 radical (unpaired) electrons. The fourth-order valence-electron chi connectivity index (χ4n) is 2.69. The number of amides is 1. The van der Waals surface area contributed by atoms with Crippen LogP contribution in [0.5, 0.6) is 11.5 Å². The summed E-state index contributed by atoms with van der Waals surface area (Å²) in [5.74, 6) is 0.984. The zero-order valence-electron chi connectivity index (χ0n) is 16.3. The Hall–Kier alpha value is -4.04. The van der Waals surface area contributed by atoms with Gasteiger partial charge in [-0.05, 0) is 61.9 Å². The fraction of sp³-hybridized carbons (Fsp3) is 0.0833. The summed E-state index contributed by atoms with van der Waals surface area (Å²) in [6.07, 6.45) is 1.39. The second-order valence-corrected chi connectivity index (χ2v) is 6.53. The monoisotopic (exact) mass is 383 g/mol. The molecule has 144 valence electrons. The molecule has 29 heavy (non-hydrogen) atoms. The summed E-state index contributed by atoms with van der Waals surface area (Å²) in [6.45, 7) is 3.90. The van der Waals surface area contributed by atoms with Crippen molar-refractivity contribution >= 4 is 17.3 Å². The third-order valence-corrected chi connectivity index (χ3v) is 4.21. The number of carbonyl (C=O) groups excluding carboxylic acids is 1. The molecule has 3 rings (SSSR count). The van der Waals surface area contributed by atoms with E-state index in [0.717, 1.165) is 22.6 Å². The molecule has 0 fully saturated rings. The van der Waals surface area contributed by atoms with Crippen molar-refractivity contribution in [2.24, 2.45) is 0 Å². The van der Waals surface area contributed by atoms with Gasteiger partial charge in [0.05, 0.1) is 0 Å². The molecule has 0 atom stereocenters. The number of anilines is 2. The van der Waals surface area contributed by atoms with Gasteiger partial charge in [-0.15, -0.1) is 0 Å². The number of aryl methyl sites for hydroxylation is 2. The molecule has 0 aromatic heterocycles. The molecule has 1 amide bonds. The minimum absolute atomic E-state index is 0.0189. The second-order valence-electron chi connectivity index (χ2n) is 6.53. The van der Waals surface area contributed by atoms with Gasteiger partial charge in [-0.2, -0.15) is 5.26 Å². The Balaban J connectivity index is 1.63. The zero-order chi connectivity index (χ0) is 20.6. The Morgan fingerprint density at radius 1 is 0.966 bits per heavy atom. The maximum Gasteiger partial charge on any atom is 0.267 e. The van der Waals surface area contributed by atoms with Crippen LogP contribution in [0.2, 0.25) is 0 Å². The lowest BCUT2D eigenvalue weighted by Gasteiger charge is -2.09. The molecule has 0 aliphatic rings. The van der Waals surface area contributed by atoms with Crippen molar-refractivity contribution < 1.29 is 9.53 Å². The molecule has 3 aromatic carbocycles. The first-order valence-electron chi connectivity index (χ1n) is 9.13. The highest BCUT2D eigenvalue weighted by Crippen LogP contribution is 2.23. The molecule has 0 saturated heterocycles. The first-order valence-corrected chi connectivity index (χ1v) is 9.13. The van der Waals surface area contributed by atoms with Crippen LogP contribution in [0.25, 0.3) is 0 Å². The van der Waals surface area contributed by atoms with Crippen molar-refractivity contribution in [1.29, 1.82) is 5.26 Å². The van der Waals surface area contributed by atoms with Gasteiger partial charge in [0.25, 0.3) is 5.91 Å². The van der Waals surface area contributed by atoms with Crippen molar-refractivity contribution in [1.82, 2.24) is 0 Å². The van der Waals surface area contributed by atoms with E-state index in [9.17, 15) is 10.1 Å². The number of hydrogen-bond acceptors (Lipinski definition) is 4. The topological polar surface area (TPSA) is 74.2 Å². The van der Waals surface area contributed by atoms with E-state index in [2.05, 4.69) is 10.6 Å². The molecule has 5 heteroatoms. The number of carbonyl (C=O) groups is 1. The maximum absolute atomic E-state index is 12.4. The van der Waals surface area contributed by atoms with Crippen LogP contribution >= 0.6 is 0 Å². The molecule has 0 saturated carbocycles. The Labute approximate surface area is 170 Å². The number of para-hydroxylation sites is 1. The van der Waals surface area contributed by atoms with Gasteiger partial charge in [-0.25, -0.2) is 0 Å². The molecule has 0 heterocycles. The first-order chi connectivity index (χ1) is 14.0. The normalized spacial score (nSPS) is 10.7. The molecule has 0 unspecified atom stereocenters. The van der Waals surface area contributed by atoms with Gasteiger partial charge in [0.1, 0.15) is 23.1 Å². The molecule has 0 aliphatic heterocycles. The van der Waals surface area contributed by atoms with E-state index < -0.39 is 5.91 Å². The lowest BCUT2D eigenvalue weighted by atomic mass is 10.1. The highest BCUT2D eigenvalue weighted by molar-refractivity contribution is 6.07. The van der Waals surface area contributed by atoms with Crippen LogP contribution in [-0.4, -0.2) is 5.91 Å². The van der Waals surface area contributed by atoms with Gasteiger partial charge in [0.15, 0.2) is 0 Å². The van der Waals surface area contributed by atoms with E-state index in [1.165, 1.54) is 6.20 Å². The van der Waals surface area contributed by atoms with Crippen LogP contribution in [0.3, 0.4) is 0 Å². The Morgan fingerprint density at radius 3 is 2.31 bits per heavy atom. The molecular formula is C24H21N3O2. The minimum Gasteiger partial charge on any atom is -0.457 e. The maximum atomic E-state index is 12.4. The lowest BCUT2D eigenvalue weighted by Crippen LogP contribution is -2.15. The summed E-state index contributed by atoms with van der Waals surface area (Å²) < 4.78 is 5.74. The van der Waals surface area contributed by atoms with E-state index in [1.807, 2.05) is 92.7 Å². The summed E-state index contributed by atoms with van der Waals surface area (Å²) in [7, 11) is 0. The van der Waals surface area contributed by atoms with Crippen LogP contribution in [0.1, 0.15) is 11.1 Å². The standard InChI is InChI=1S/C24H21N3O2/c1-17-8-13-23(18(2)14-17)27-24(28)19(15-25)16-26-20-9-11-22(12-10-20)29-21-6-4-3-5-7-21/h3-14,16,26H,1-2H3,(H,27,28)/b19-16-. The number of benzene rings is 3. The number of ether oxygens (including phenoxy) is 1. The number of hydrogen-bond donors (Lipinski definition) is 2. The highest BCUT2D eigenvalue weighted by atomic mass is 16.5. The predicted octanol–water partition coefficient (Wildman–Crippen LogP) is 5.55. The van der Waals surface area contributed by atoms with Crippen molar-refractivity contribution in [2.45, 2.75) is 13.8 Å². The number of nitrogens with one attached hydrogen (secondary N) is 2. The van der Waals surface area contributed by atoms with E-state index in [0.29, 0.717) is 11.4 Å². The summed E-state index contributed by atoms with van der Waals surface area (Å²) >= 11 is 0. The lowest BCUT2D eigenvalue weighted by molar-refractivity contribution is -0.112. The van der Waals surface area contributed by atoms with Crippen molar-refractivity contribution in [2.75, 3.05) is 10.6 Å². The Kier molecular flexibility index (Phi) is 6.29. The van der Waals surface area contributed by atoms with Crippen molar-refractivity contribution in [3.05, 3.63) is 95.7 Å². The molecular weight excluding hydrogens is 362 g/mol. The van der Waals surface area contributed by atoms with Crippen LogP contribution < -0.4 is 15.4 Å². The molecule has 0 bridgehead atoms. The smallest absolute Gasteiger partial charge is 0.267 e. The quantitative estimate of drug-likeness (QED) is 0.432. The van der Waals surface area contributed by atoms with Gasteiger partial charge in [-0.3, -0.25) is 4.79 Å². The third kappa shape index (κ3) is 5.47. The van der Waals surface area contributed by atoms with Crippen LogP contribution in [-0.2, 0) is 4.79 Å². The van der Waals surface area contributed by atoms with Gasteiger partial charge in [0, 0.05) is 17.6 Å². The fourth-order valence-corrected chi connectivity index (χ4v) is 2.69.